The van der Waals surface area contributed by atoms with Crippen LogP contribution >= 0.6 is 0 Å². The SMILES string of the molecule is c1ccc(COc2ccc(CNCc3ccc4c(c3)CCC4)cc2)nc1. The molecule has 1 aliphatic carbocycles. The smallest absolute Gasteiger partial charge is 0.130 e. The molecule has 0 radical (unpaired) electrons. The van der Waals surface area contributed by atoms with E-state index < -0.39 is 0 Å². The summed E-state index contributed by atoms with van der Waals surface area (Å²) in [6.45, 7) is 2.26. The van der Waals surface area contributed by atoms with Crippen molar-refractivity contribution in [3.05, 3.63) is 94.8 Å². The molecule has 3 aromatic rings. The van der Waals surface area contributed by atoms with E-state index in [9.17, 15) is 0 Å². The Kier molecular flexibility index (Phi) is 5.27. The van der Waals surface area contributed by atoms with Crippen molar-refractivity contribution in [2.45, 2.75) is 39.0 Å². The fourth-order valence-corrected chi connectivity index (χ4v) is 3.43. The number of hydrogen-bond acceptors (Lipinski definition) is 3. The fourth-order valence-electron chi connectivity index (χ4n) is 3.43. The van der Waals surface area contributed by atoms with Crippen LogP contribution in [0.4, 0.5) is 0 Å². The van der Waals surface area contributed by atoms with Gasteiger partial charge in [0.15, 0.2) is 0 Å². The molecule has 3 heteroatoms. The topological polar surface area (TPSA) is 34.1 Å². The number of ether oxygens (including phenoxy) is 1. The second kappa shape index (κ2) is 8.15. The highest BCUT2D eigenvalue weighted by Crippen LogP contribution is 2.22. The molecule has 26 heavy (non-hydrogen) atoms. The molecule has 0 saturated heterocycles. The summed E-state index contributed by atoms with van der Waals surface area (Å²) in [7, 11) is 0. The minimum absolute atomic E-state index is 0.497. The van der Waals surface area contributed by atoms with Gasteiger partial charge in [0.2, 0.25) is 0 Å². The molecule has 1 aliphatic rings. The van der Waals surface area contributed by atoms with Gasteiger partial charge in [0.05, 0.1) is 5.69 Å². The zero-order valence-corrected chi connectivity index (χ0v) is 14.9. The first-order chi connectivity index (χ1) is 12.9. The van der Waals surface area contributed by atoms with Gasteiger partial charge in [0.25, 0.3) is 0 Å². The van der Waals surface area contributed by atoms with E-state index in [2.05, 4.69) is 40.6 Å². The zero-order chi connectivity index (χ0) is 17.6. The monoisotopic (exact) mass is 344 g/mol. The Morgan fingerprint density at radius 3 is 2.50 bits per heavy atom. The van der Waals surface area contributed by atoms with E-state index in [1.807, 2.05) is 30.3 Å². The largest absolute Gasteiger partial charge is 0.487 e. The van der Waals surface area contributed by atoms with Gasteiger partial charge in [-0.25, -0.2) is 0 Å². The Bertz CT molecular complexity index is 844. The summed E-state index contributed by atoms with van der Waals surface area (Å²) >= 11 is 0. The summed E-state index contributed by atoms with van der Waals surface area (Å²) in [4.78, 5) is 4.27. The lowest BCUT2D eigenvalue weighted by molar-refractivity contribution is 0.301. The van der Waals surface area contributed by atoms with Gasteiger partial charge in [-0.3, -0.25) is 4.98 Å². The lowest BCUT2D eigenvalue weighted by Crippen LogP contribution is -2.12. The van der Waals surface area contributed by atoms with Crippen LogP contribution in [-0.2, 0) is 32.5 Å². The molecule has 2 aromatic carbocycles. The van der Waals surface area contributed by atoms with Crippen molar-refractivity contribution in [1.82, 2.24) is 10.3 Å². The Morgan fingerprint density at radius 2 is 1.65 bits per heavy atom. The number of pyridine rings is 1. The van der Waals surface area contributed by atoms with E-state index in [1.54, 1.807) is 11.8 Å². The van der Waals surface area contributed by atoms with E-state index in [-0.39, 0.29) is 0 Å². The number of hydrogen-bond donors (Lipinski definition) is 1. The highest BCUT2D eigenvalue weighted by molar-refractivity contribution is 5.35. The third-order valence-electron chi connectivity index (χ3n) is 4.86. The van der Waals surface area contributed by atoms with E-state index >= 15 is 0 Å². The lowest BCUT2D eigenvalue weighted by atomic mass is 10.1. The van der Waals surface area contributed by atoms with Crippen LogP contribution in [0.3, 0.4) is 0 Å². The van der Waals surface area contributed by atoms with Crippen molar-refractivity contribution < 1.29 is 4.74 Å². The second-order valence-corrected chi connectivity index (χ2v) is 6.81. The van der Waals surface area contributed by atoms with Gasteiger partial charge < -0.3 is 10.1 Å². The number of aryl methyl sites for hydroxylation is 2. The summed E-state index contributed by atoms with van der Waals surface area (Å²) in [5.41, 5.74) is 6.65. The maximum absolute atomic E-state index is 5.78. The fraction of sp³-hybridized carbons (Fsp3) is 0.261. The Balaban J connectivity index is 1.25. The molecule has 1 aromatic heterocycles. The van der Waals surface area contributed by atoms with Crippen LogP contribution in [0.15, 0.2) is 66.9 Å². The van der Waals surface area contributed by atoms with Gasteiger partial charge in [-0.05, 0) is 65.8 Å². The maximum Gasteiger partial charge on any atom is 0.130 e. The number of fused-ring (bicyclic) bond motifs is 1. The van der Waals surface area contributed by atoms with Crippen LogP contribution in [0.5, 0.6) is 5.75 Å². The number of nitrogens with zero attached hydrogens (tertiary/aromatic N) is 1. The Morgan fingerprint density at radius 1 is 0.846 bits per heavy atom. The van der Waals surface area contributed by atoms with Crippen molar-refractivity contribution >= 4 is 0 Å². The maximum atomic E-state index is 5.78. The molecule has 1 N–H and O–H groups in total. The molecule has 1 heterocycles. The quantitative estimate of drug-likeness (QED) is 0.688. The molecular weight excluding hydrogens is 320 g/mol. The minimum atomic E-state index is 0.497. The molecule has 0 aliphatic heterocycles. The van der Waals surface area contributed by atoms with Crippen molar-refractivity contribution in [2.24, 2.45) is 0 Å². The number of nitrogens with one attached hydrogen (secondary N) is 1. The summed E-state index contributed by atoms with van der Waals surface area (Å²) in [5, 5.41) is 3.54. The van der Waals surface area contributed by atoms with Crippen LogP contribution in [0.1, 0.15) is 34.4 Å². The van der Waals surface area contributed by atoms with Gasteiger partial charge in [0.1, 0.15) is 12.4 Å². The molecule has 0 amide bonds. The zero-order valence-electron chi connectivity index (χ0n) is 14.9. The predicted molar refractivity (Wildman–Crippen MR) is 104 cm³/mol. The molecular formula is C23H24N2O. The number of aromatic nitrogens is 1. The highest BCUT2D eigenvalue weighted by Gasteiger charge is 2.10. The van der Waals surface area contributed by atoms with Gasteiger partial charge in [-0.15, -0.1) is 0 Å². The number of benzene rings is 2. The first-order valence-electron chi connectivity index (χ1n) is 9.30. The van der Waals surface area contributed by atoms with Crippen LogP contribution < -0.4 is 10.1 Å². The first-order valence-corrected chi connectivity index (χ1v) is 9.30. The third-order valence-corrected chi connectivity index (χ3v) is 4.86. The predicted octanol–water partition coefficient (Wildman–Crippen LogP) is 4.44. The summed E-state index contributed by atoms with van der Waals surface area (Å²) in [6, 6.07) is 21.0. The van der Waals surface area contributed by atoms with Gasteiger partial charge in [0, 0.05) is 19.3 Å². The average Bonchev–Trinajstić information content (AvgIpc) is 3.16. The molecule has 0 saturated carbocycles. The molecule has 0 spiro atoms. The van der Waals surface area contributed by atoms with Crippen molar-refractivity contribution in [2.75, 3.05) is 0 Å². The third kappa shape index (κ3) is 4.30. The molecule has 0 fully saturated rings. The van der Waals surface area contributed by atoms with Gasteiger partial charge in [-0.2, -0.15) is 0 Å². The first kappa shape index (κ1) is 16.8. The standard InChI is InChI=1S/C23H24N2O/c1-2-13-25-22(6-1)17-26-23-11-8-18(9-12-23)15-24-16-19-7-10-20-4-3-5-21(20)14-19/h1-2,6-14,24H,3-5,15-17H2. The van der Waals surface area contributed by atoms with Crippen molar-refractivity contribution in [3.63, 3.8) is 0 Å². The molecule has 4 rings (SSSR count). The lowest BCUT2D eigenvalue weighted by Gasteiger charge is -2.09. The van der Waals surface area contributed by atoms with Crippen LogP contribution in [0.2, 0.25) is 0 Å². The number of rotatable bonds is 7. The Labute approximate surface area is 155 Å². The van der Waals surface area contributed by atoms with Crippen LogP contribution in [-0.4, -0.2) is 4.98 Å². The molecule has 132 valence electrons. The molecule has 0 atom stereocenters. The van der Waals surface area contributed by atoms with E-state index in [1.165, 1.54) is 36.0 Å². The molecule has 0 bridgehead atoms. The summed E-state index contributed by atoms with van der Waals surface area (Å²) in [5.74, 6) is 0.873. The van der Waals surface area contributed by atoms with E-state index in [0.717, 1.165) is 24.5 Å². The Hall–Kier alpha value is -2.65. The van der Waals surface area contributed by atoms with E-state index in [4.69, 9.17) is 4.74 Å². The normalized spacial score (nSPS) is 12.8. The molecule has 0 unspecified atom stereocenters. The van der Waals surface area contributed by atoms with E-state index in [0.29, 0.717) is 6.61 Å². The van der Waals surface area contributed by atoms with Crippen LogP contribution in [0, 0.1) is 0 Å². The molecule has 3 nitrogen and oxygen atoms in total. The minimum Gasteiger partial charge on any atom is -0.487 e. The van der Waals surface area contributed by atoms with Gasteiger partial charge >= 0.3 is 0 Å². The van der Waals surface area contributed by atoms with Crippen LogP contribution in [0.25, 0.3) is 0 Å². The van der Waals surface area contributed by atoms with Gasteiger partial charge in [-0.1, -0.05) is 36.4 Å². The second-order valence-electron chi connectivity index (χ2n) is 6.81. The highest BCUT2D eigenvalue weighted by atomic mass is 16.5. The summed E-state index contributed by atoms with van der Waals surface area (Å²) in [6.07, 6.45) is 5.58. The average molecular weight is 344 g/mol. The van der Waals surface area contributed by atoms with Crippen molar-refractivity contribution in [3.8, 4) is 5.75 Å². The summed E-state index contributed by atoms with van der Waals surface area (Å²) < 4.78 is 5.78. The van der Waals surface area contributed by atoms with Crippen molar-refractivity contribution in [1.29, 1.82) is 0 Å².